The minimum absolute atomic E-state index is 0.00737. The molecule has 0 spiro atoms. The van der Waals surface area contributed by atoms with Gasteiger partial charge in [0.05, 0.1) is 18.1 Å². The Kier molecular flexibility index (Phi) is 3.66. The molecule has 4 heteroatoms. The van der Waals surface area contributed by atoms with Crippen LogP contribution in [0.15, 0.2) is 41.1 Å². The number of rotatable bonds is 3. The van der Waals surface area contributed by atoms with Crippen molar-refractivity contribution in [1.29, 1.82) is 0 Å². The van der Waals surface area contributed by atoms with E-state index in [1.807, 2.05) is 42.2 Å². The molecule has 2 nitrogen and oxygen atoms in total. The van der Waals surface area contributed by atoms with Crippen molar-refractivity contribution in [2.75, 3.05) is 0 Å². The van der Waals surface area contributed by atoms with E-state index in [1.54, 1.807) is 0 Å². The molecule has 2 aromatic rings. The fraction of sp³-hybridized carbons (Fsp3) is 0.250. The van der Waals surface area contributed by atoms with E-state index >= 15 is 0 Å². The maximum Gasteiger partial charge on any atom is 0.0670 e. The topological polar surface area (TPSA) is 17.8 Å². The summed E-state index contributed by atoms with van der Waals surface area (Å²) in [6.07, 6.45) is 3.80. The van der Waals surface area contributed by atoms with Gasteiger partial charge in [0.1, 0.15) is 0 Å². The second-order valence-electron chi connectivity index (χ2n) is 3.68. The van der Waals surface area contributed by atoms with Crippen LogP contribution in [0.3, 0.4) is 0 Å². The molecule has 1 atom stereocenters. The SMILES string of the molecule is CC(Cl)c1cnn(Cc2ccccc2Br)c1. The van der Waals surface area contributed by atoms with Crippen molar-refractivity contribution in [2.45, 2.75) is 18.8 Å². The summed E-state index contributed by atoms with van der Waals surface area (Å²) in [6.45, 7) is 2.70. The van der Waals surface area contributed by atoms with Gasteiger partial charge in [-0.05, 0) is 18.6 Å². The molecule has 2 rings (SSSR count). The van der Waals surface area contributed by atoms with E-state index in [1.165, 1.54) is 5.56 Å². The van der Waals surface area contributed by atoms with E-state index in [9.17, 15) is 0 Å². The number of hydrogen-bond donors (Lipinski definition) is 0. The number of halogens is 2. The quantitative estimate of drug-likeness (QED) is 0.784. The molecule has 0 aliphatic heterocycles. The maximum atomic E-state index is 5.99. The summed E-state index contributed by atoms with van der Waals surface area (Å²) in [5, 5.41) is 4.29. The zero-order chi connectivity index (χ0) is 11.5. The molecule has 0 aliphatic carbocycles. The van der Waals surface area contributed by atoms with Gasteiger partial charge in [-0.15, -0.1) is 11.6 Å². The molecule has 84 valence electrons. The van der Waals surface area contributed by atoms with Gasteiger partial charge >= 0.3 is 0 Å². The highest BCUT2D eigenvalue weighted by Gasteiger charge is 2.05. The lowest BCUT2D eigenvalue weighted by Gasteiger charge is -2.04. The third kappa shape index (κ3) is 2.66. The van der Waals surface area contributed by atoms with Crippen LogP contribution in [0.5, 0.6) is 0 Å². The van der Waals surface area contributed by atoms with Crippen LogP contribution in [0.2, 0.25) is 0 Å². The summed E-state index contributed by atoms with van der Waals surface area (Å²) in [5.74, 6) is 0. The number of alkyl halides is 1. The highest BCUT2D eigenvalue weighted by molar-refractivity contribution is 9.10. The lowest BCUT2D eigenvalue weighted by atomic mass is 10.2. The van der Waals surface area contributed by atoms with Crippen molar-refractivity contribution in [1.82, 2.24) is 9.78 Å². The van der Waals surface area contributed by atoms with Gasteiger partial charge in [-0.1, -0.05) is 34.1 Å². The van der Waals surface area contributed by atoms with Gasteiger partial charge in [0.25, 0.3) is 0 Å². The first kappa shape index (κ1) is 11.7. The predicted molar refractivity (Wildman–Crippen MR) is 69.7 cm³/mol. The first-order chi connectivity index (χ1) is 7.66. The lowest BCUT2D eigenvalue weighted by molar-refractivity contribution is 0.684. The first-order valence-electron chi connectivity index (χ1n) is 5.06. The number of nitrogens with zero attached hydrogens (tertiary/aromatic N) is 2. The normalized spacial score (nSPS) is 12.7. The average molecular weight is 300 g/mol. The van der Waals surface area contributed by atoms with Crippen LogP contribution >= 0.6 is 27.5 Å². The predicted octanol–water partition coefficient (Wildman–Crippen LogP) is 3.99. The largest absolute Gasteiger partial charge is 0.268 e. The summed E-state index contributed by atoms with van der Waals surface area (Å²) < 4.78 is 3.00. The second kappa shape index (κ2) is 5.02. The lowest BCUT2D eigenvalue weighted by Crippen LogP contribution is -2.00. The Morgan fingerprint density at radius 2 is 2.19 bits per heavy atom. The fourth-order valence-corrected chi connectivity index (χ4v) is 2.00. The minimum atomic E-state index is 0.00737. The molecule has 0 bridgehead atoms. The molecule has 0 aliphatic rings. The standard InChI is InChI=1S/C12H12BrClN2/c1-9(14)11-6-15-16(8-11)7-10-4-2-3-5-12(10)13/h2-6,8-9H,7H2,1H3. The monoisotopic (exact) mass is 298 g/mol. The second-order valence-corrected chi connectivity index (χ2v) is 5.19. The summed E-state index contributed by atoms with van der Waals surface area (Å²) >= 11 is 9.51. The summed E-state index contributed by atoms with van der Waals surface area (Å²) in [5.41, 5.74) is 2.26. The van der Waals surface area contributed by atoms with Gasteiger partial charge in [0.15, 0.2) is 0 Å². The van der Waals surface area contributed by atoms with Crippen molar-refractivity contribution in [3.05, 3.63) is 52.3 Å². The fourth-order valence-electron chi connectivity index (χ4n) is 1.47. The molecule has 1 aromatic carbocycles. The summed E-state index contributed by atoms with van der Waals surface area (Å²) in [4.78, 5) is 0. The molecule has 0 saturated carbocycles. The van der Waals surface area contributed by atoms with Gasteiger partial charge in [0.2, 0.25) is 0 Å². The molecule has 0 radical (unpaired) electrons. The van der Waals surface area contributed by atoms with Gasteiger partial charge in [-0.2, -0.15) is 5.10 Å². The number of benzene rings is 1. The Hall–Kier alpha value is -0.800. The zero-order valence-corrected chi connectivity index (χ0v) is 11.2. The Balaban J connectivity index is 2.18. The van der Waals surface area contributed by atoms with Crippen molar-refractivity contribution < 1.29 is 0 Å². The Morgan fingerprint density at radius 1 is 1.44 bits per heavy atom. The van der Waals surface area contributed by atoms with Crippen LogP contribution in [0, 0.1) is 0 Å². The smallest absolute Gasteiger partial charge is 0.0670 e. The van der Waals surface area contributed by atoms with Gasteiger partial charge in [0, 0.05) is 16.2 Å². The van der Waals surface area contributed by atoms with E-state index in [0.717, 1.165) is 16.6 Å². The molecule has 1 unspecified atom stereocenters. The molecular formula is C12H12BrClN2. The van der Waals surface area contributed by atoms with Crippen molar-refractivity contribution >= 4 is 27.5 Å². The average Bonchev–Trinajstić information content (AvgIpc) is 2.70. The van der Waals surface area contributed by atoms with Crippen LogP contribution < -0.4 is 0 Å². The third-order valence-electron chi connectivity index (χ3n) is 2.40. The maximum absolute atomic E-state index is 5.99. The molecular weight excluding hydrogens is 288 g/mol. The highest BCUT2D eigenvalue weighted by atomic mass is 79.9. The molecule has 1 aromatic heterocycles. The number of aromatic nitrogens is 2. The Bertz CT molecular complexity index is 479. The van der Waals surface area contributed by atoms with Crippen LogP contribution in [0.25, 0.3) is 0 Å². The van der Waals surface area contributed by atoms with Gasteiger partial charge < -0.3 is 0 Å². The van der Waals surface area contributed by atoms with Gasteiger partial charge in [-0.3, -0.25) is 4.68 Å². The summed E-state index contributed by atoms with van der Waals surface area (Å²) in [6, 6.07) is 8.14. The van der Waals surface area contributed by atoms with E-state index in [0.29, 0.717) is 0 Å². The van der Waals surface area contributed by atoms with Crippen LogP contribution in [0.1, 0.15) is 23.4 Å². The highest BCUT2D eigenvalue weighted by Crippen LogP contribution is 2.20. The van der Waals surface area contributed by atoms with E-state index < -0.39 is 0 Å². The Morgan fingerprint density at radius 3 is 2.81 bits per heavy atom. The minimum Gasteiger partial charge on any atom is -0.268 e. The van der Waals surface area contributed by atoms with Crippen molar-refractivity contribution in [2.24, 2.45) is 0 Å². The molecule has 0 N–H and O–H groups in total. The van der Waals surface area contributed by atoms with Crippen molar-refractivity contribution in [3.63, 3.8) is 0 Å². The van der Waals surface area contributed by atoms with E-state index in [2.05, 4.69) is 27.1 Å². The molecule has 0 amide bonds. The van der Waals surface area contributed by atoms with E-state index in [-0.39, 0.29) is 5.38 Å². The Labute approximate surface area is 108 Å². The van der Waals surface area contributed by atoms with Crippen LogP contribution in [-0.4, -0.2) is 9.78 Å². The van der Waals surface area contributed by atoms with Crippen molar-refractivity contribution in [3.8, 4) is 0 Å². The molecule has 0 saturated heterocycles. The third-order valence-corrected chi connectivity index (χ3v) is 3.43. The van der Waals surface area contributed by atoms with Crippen LogP contribution in [0.4, 0.5) is 0 Å². The van der Waals surface area contributed by atoms with E-state index in [4.69, 9.17) is 11.6 Å². The first-order valence-corrected chi connectivity index (χ1v) is 6.29. The molecule has 16 heavy (non-hydrogen) atoms. The zero-order valence-electron chi connectivity index (χ0n) is 8.90. The summed E-state index contributed by atoms with van der Waals surface area (Å²) in [7, 11) is 0. The van der Waals surface area contributed by atoms with Crippen LogP contribution in [-0.2, 0) is 6.54 Å². The number of hydrogen-bond acceptors (Lipinski definition) is 1. The molecule has 0 fully saturated rings. The molecule has 1 heterocycles. The van der Waals surface area contributed by atoms with Gasteiger partial charge in [-0.25, -0.2) is 0 Å².